The van der Waals surface area contributed by atoms with E-state index >= 15 is 0 Å². The molecule has 3 amide bonds. The minimum Gasteiger partial charge on any atom is -0.508 e. The summed E-state index contributed by atoms with van der Waals surface area (Å²) in [5, 5.41) is 15.0. The second kappa shape index (κ2) is 10.1. The Morgan fingerprint density at radius 3 is 2.62 bits per heavy atom. The topological polar surface area (TPSA) is 108 Å². The number of rotatable bonds is 6. The summed E-state index contributed by atoms with van der Waals surface area (Å²) in [5.74, 6) is -0.568. The number of aromatic hydroxyl groups is 1. The first kappa shape index (κ1) is 22.5. The summed E-state index contributed by atoms with van der Waals surface area (Å²) in [5.41, 5.74) is -0.173. The number of amides is 3. The summed E-state index contributed by atoms with van der Waals surface area (Å²) in [6.07, 6.45) is 1.69. The zero-order chi connectivity index (χ0) is 21.4. The van der Waals surface area contributed by atoms with E-state index in [1.165, 1.54) is 12.1 Å². The third-order valence-electron chi connectivity index (χ3n) is 4.49. The molecule has 1 unspecified atom stereocenters. The predicted octanol–water partition coefficient (Wildman–Crippen LogP) is 2.28. The van der Waals surface area contributed by atoms with Gasteiger partial charge in [-0.2, -0.15) is 0 Å². The molecule has 0 radical (unpaired) electrons. The van der Waals surface area contributed by atoms with Crippen LogP contribution in [0.3, 0.4) is 0 Å². The molecular formula is C21H31N3O5. The molecule has 1 aromatic carbocycles. The lowest BCUT2D eigenvalue weighted by atomic mass is 9.97. The fourth-order valence-corrected chi connectivity index (χ4v) is 3.08. The number of phenolic OH excluding ortho intramolecular Hbond substituents is 1. The maximum Gasteiger partial charge on any atom is 0.410 e. The maximum atomic E-state index is 12.4. The second-order valence-electron chi connectivity index (χ2n) is 8.22. The lowest BCUT2D eigenvalue weighted by molar-refractivity contribution is -0.126. The summed E-state index contributed by atoms with van der Waals surface area (Å²) in [6.45, 7) is 7.25. The van der Waals surface area contributed by atoms with Crippen LogP contribution < -0.4 is 10.6 Å². The Labute approximate surface area is 171 Å². The molecule has 1 fully saturated rings. The van der Waals surface area contributed by atoms with E-state index in [1.807, 2.05) is 20.8 Å². The Morgan fingerprint density at radius 1 is 1.21 bits per heavy atom. The number of carbonyl (C=O) groups is 3. The first-order chi connectivity index (χ1) is 13.7. The zero-order valence-electron chi connectivity index (χ0n) is 17.4. The highest BCUT2D eigenvalue weighted by Gasteiger charge is 2.30. The van der Waals surface area contributed by atoms with E-state index in [0.717, 1.165) is 12.8 Å². The molecule has 8 heteroatoms. The van der Waals surface area contributed by atoms with E-state index in [0.29, 0.717) is 38.2 Å². The van der Waals surface area contributed by atoms with Crippen molar-refractivity contribution in [2.45, 2.75) is 45.6 Å². The van der Waals surface area contributed by atoms with Gasteiger partial charge < -0.3 is 25.4 Å². The summed E-state index contributed by atoms with van der Waals surface area (Å²) >= 11 is 0. The number of nitrogens with one attached hydrogen (secondary N) is 2. The molecule has 1 aromatic rings. The quantitative estimate of drug-likeness (QED) is 0.629. The minimum atomic E-state index is -0.560. The van der Waals surface area contributed by atoms with Crippen LogP contribution in [-0.4, -0.2) is 59.7 Å². The molecular weight excluding hydrogens is 374 g/mol. The summed E-state index contributed by atoms with van der Waals surface area (Å²) in [7, 11) is 0. The number of likely N-dealkylation sites (tertiary alicyclic amines) is 1. The summed E-state index contributed by atoms with van der Waals surface area (Å²) < 4.78 is 5.38. The Kier molecular flexibility index (Phi) is 7.87. The molecule has 0 saturated carbocycles. The van der Waals surface area contributed by atoms with Crippen LogP contribution in [0.15, 0.2) is 24.3 Å². The molecule has 1 aliphatic rings. The Bertz CT molecular complexity index is 729. The standard InChI is InChI=1S/C21H31N3O5/c1-21(2,3)29-20(28)24-12-5-8-16(14-24)19(27)23-11-6-10-22-18(26)15-7-4-9-17(25)13-15/h4,7,9,13,16,25H,5-6,8,10-12,14H2,1-3H3,(H,22,26)(H,23,27). The number of phenols is 1. The lowest BCUT2D eigenvalue weighted by Crippen LogP contribution is -2.47. The van der Waals surface area contributed by atoms with Gasteiger partial charge >= 0.3 is 6.09 Å². The largest absolute Gasteiger partial charge is 0.508 e. The van der Waals surface area contributed by atoms with Crippen LogP contribution in [-0.2, 0) is 9.53 Å². The van der Waals surface area contributed by atoms with Crippen LogP contribution in [0.25, 0.3) is 0 Å². The number of piperidine rings is 1. The van der Waals surface area contributed by atoms with Crippen molar-refractivity contribution in [1.82, 2.24) is 15.5 Å². The van der Waals surface area contributed by atoms with Gasteiger partial charge in [-0.15, -0.1) is 0 Å². The van der Waals surface area contributed by atoms with Gasteiger partial charge in [-0.25, -0.2) is 4.79 Å². The van der Waals surface area contributed by atoms with Crippen molar-refractivity contribution in [1.29, 1.82) is 0 Å². The van der Waals surface area contributed by atoms with Crippen LogP contribution >= 0.6 is 0 Å². The molecule has 0 spiro atoms. The summed E-state index contributed by atoms with van der Waals surface area (Å²) in [6, 6.07) is 6.13. The molecule has 1 saturated heterocycles. The highest BCUT2D eigenvalue weighted by Crippen LogP contribution is 2.19. The van der Waals surface area contributed by atoms with Crippen molar-refractivity contribution in [2.75, 3.05) is 26.2 Å². The molecule has 1 atom stereocenters. The Balaban J connectivity index is 1.68. The normalized spacial score (nSPS) is 16.8. The molecule has 160 valence electrons. The van der Waals surface area contributed by atoms with Gasteiger partial charge in [-0.3, -0.25) is 9.59 Å². The van der Waals surface area contributed by atoms with E-state index in [9.17, 15) is 19.5 Å². The fraction of sp³-hybridized carbons (Fsp3) is 0.571. The smallest absolute Gasteiger partial charge is 0.410 e. The van der Waals surface area contributed by atoms with Crippen LogP contribution in [0.1, 0.15) is 50.4 Å². The third kappa shape index (κ3) is 7.63. The molecule has 2 rings (SSSR count). The maximum absolute atomic E-state index is 12.4. The van der Waals surface area contributed by atoms with E-state index in [-0.39, 0.29) is 29.6 Å². The fourth-order valence-electron chi connectivity index (χ4n) is 3.08. The molecule has 3 N–H and O–H groups in total. The van der Waals surface area contributed by atoms with Crippen LogP contribution in [0.2, 0.25) is 0 Å². The van der Waals surface area contributed by atoms with Crippen LogP contribution in [0.5, 0.6) is 5.75 Å². The molecule has 0 aliphatic carbocycles. The third-order valence-corrected chi connectivity index (χ3v) is 4.49. The first-order valence-electron chi connectivity index (χ1n) is 9.98. The van der Waals surface area contributed by atoms with Crippen molar-refractivity contribution >= 4 is 17.9 Å². The van der Waals surface area contributed by atoms with Gasteiger partial charge in [-0.05, 0) is 58.2 Å². The van der Waals surface area contributed by atoms with Crippen molar-refractivity contribution < 1.29 is 24.2 Å². The van der Waals surface area contributed by atoms with Gasteiger partial charge in [0.1, 0.15) is 11.4 Å². The van der Waals surface area contributed by atoms with Gasteiger partial charge in [0.25, 0.3) is 5.91 Å². The van der Waals surface area contributed by atoms with E-state index in [1.54, 1.807) is 17.0 Å². The van der Waals surface area contributed by atoms with Gasteiger partial charge in [-0.1, -0.05) is 6.07 Å². The SMILES string of the molecule is CC(C)(C)OC(=O)N1CCCC(C(=O)NCCCNC(=O)c2cccc(O)c2)C1. The van der Waals surface area contributed by atoms with E-state index in [2.05, 4.69) is 10.6 Å². The van der Waals surface area contributed by atoms with Gasteiger partial charge in [0, 0.05) is 31.7 Å². The summed E-state index contributed by atoms with van der Waals surface area (Å²) in [4.78, 5) is 38.2. The van der Waals surface area contributed by atoms with Gasteiger partial charge in [0.05, 0.1) is 5.92 Å². The van der Waals surface area contributed by atoms with Crippen molar-refractivity contribution in [3.05, 3.63) is 29.8 Å². The molecule has 0 aromatic heterocycles. The molecule has 0 bridgehead atoms. The van der Waals surface area contributed by atoms with Crippen LogP contribution in [0.4, 0.5) is 4.79 Å². The van der Waals surface area contributed by atoms with Crippen LogP contribution in [0, 0.1) is 5.92 Å². The average molecular weight is 405 g/mol. The monoisotopic (exact) mass is 405 g/mol. The molecule has 1 aliphatic heterocycles. The number of ether oxygens (including phenoxy) is 1. The Hall–Kier alpha value is -2.77. The van der Waals surface area contributed by atoms with Gasteiger partial charge in [0.15, 0.2) is 0 Å². The van der Waals surface area contributed by atoms with Crippen molar-refractivity contribution in [3.8, 4) is 5.75 Å². The van der Waals surface area contributed by atoms with Crippen molar-refractivity contribution in [3.63, 3.8) is 0 Å². The first-order valence-corrected chi connectivity index (χ1v) is 9.98. The van der Waals surface area contributed by atoms with Crippen molar-refractivity contribution in [2.24, 2.45) is 5.92 Å². The highest BCUT2D eigenvalue weighted by molar-refractivity contribution is 5.94. The highest BCUT2D eigenvalue weighted by atomic mass is 16.6. The van der Waals surface area contributed by atoms with E-state index < -0.39 is 5.60 Å². The minimum absolute atomic E-state index is 0.0396. The number of hydrogen-bond acceptors (Lipinski definition) is 5. The number of benzene rings is 1. The number of nitrogens with zero attached hydrogens (tertiary/aromatic N) is 1. The molecule has 8 nitrogen and oxygen atoms in total. The molecule has 1 heterocycles. The zero-order valence-corrected chi connectivity index (χ0v) is 17.4. The lowest BCUT2D eigenvalue weighted by Gasteiger charge is -2.33. The van der Waals surface area contributed by atoms with Gasteiger partial charge in [0.2, 0.25) is 5.91 Å². The average Bonchev–Trinajstić information content (AvgIpc) is 2.66. The Morgan fingerprint density at radius 2 is 1.93 bits per heavy atom. The number of hydrogen-bond donors (Lipinski definition) is 3. The number of carbonyl (C=O) groups excluding carboxylic acids is 3. The van der Waals surface area contributed by atoms with E-state index in [4.69, 9.17) is 4.74 Å². The second-order valence-corrected chi connectivity index (χ2v) is 8.22. The molecule has 29 heavy (non-hydrogen) atoms. The predicted molar refractivity (Wildman–Crippen MR) is 109 cm³/mol.